The molecule has 0 aliphatic heterocycles. The van der Waals surface area contributed by atoms with Crippen molar-refractivity contribution in [2.45, 2.75) is 13.8 Å². The second-order valence-electron chi connectivity index (χ2n) is 8.24. The lowest BCUT2D eigenvalue weighted by molar-refractivity contribution is 0.102. The van der Waals surface area contributed by atoms with Crippen molar-refractivity contribution in [1.29, 1.82) is 0 Å². The normalized spacial score (nSPS) is 10.8. The van der Waals surface area contributed by atoms with Gasteiger partial charge < -0.3 is 10.2 Å². The number of aromatic nitrogens is 2. The fraction of sp³-hybridized carbons (Fsp3) is 0.148. The molecule has 1 heterocycles. The highest BCUT2D eigenvalue weighted by atomic mass is 19.1. The summed E-state index contributed by atoms with van der Waals surface area (Å²) in [5, 5.41) is 2.78. The Labute approximate surface area is 197 Å². The van der Waals surface area contributed by atoms with Gasteiger partial charge in [0, 0.05) is 54.4 Å². The van der Waals surface area contributed by atoms with Crippen LogP contribution < -0.4 is 10.2 Å². The van der Waals surface area contributed by atoms with Crippen LogP contribution >= 0.6 is 0 Å². The van der Waals surface area contributed by atoms with Crippen LogP contribution in [0, 0.1) is 25.5 Å². The second kappa shape index (κ2) is 9.39. The number of hydrogen-bond acceptors (Lipinski definition) is 4. The summed E-state index contributed by atoms with van der Waals surface area (Å²) < 4.78 is 28.9. The zero-order chi connectivity index (χ0) is 24.4. The van der Waals surface area contributed by atoms with Crippen molar-refractivity contribution in [3.05, 3.63) is 95.3 Å². The Morgan fingerprint density at radius 2 is 1.50 bits per heavy atom. The quantitative estimate of drug-likeness (QED) is 0.397. The molecular weight excluding hydrogens is 434 g/mol. The van der Waals surface area contributed by atoms with E-state index < -0.39 is 11.6 Å². The Bertz CT molecular complexity index is 1370. The van der Waals surface area contributed by atoms with Crippen LogP contribution in [-0.4, -0.2) is 30.0 Å². The predicted molar refractivity (Wildman–Crippen MR) is 131 cm³/mol. The van der Waals surface area contributed by atoms with Gasteiger partial charge in [0.05, 0.1) is 5.56 Å². The Kier molecular flexibility index (Phi) is 6.36. The van der Waals surface area contributed by atoms with Crippen LogP contribution in [0.25, 0.3) is 22.3 Å². The molecule has 34 heavy (non-hydrogen) atoms. The number of hydrogen-bond donors (Lipinski definition) is 1. The molecule has 3 aromatic carbocycles. The van der Waals surface area contributed by atoms with E-state index in [1.54, 1.807) is 35.5 Å². The van der Waals surface area contributed by atoms with E-state index in [1.807, 2.05) is 40.1 Å². The number of amides is 1. The summed E-state index contributed by atoms with van der Waals surface area (Å²) >= 11 is 0. The van der Waals surface area contributed by atoms with Crippen LogP contribution in [0.1, 0.15) is 21.5 Å². The fourth-order valence-corrected chi connectivity index (χ4v) is 3.84. The van der Waals surface area contributed by atoms with Gasteiger partial charge in [-0.15, -0.1) is 0 Å². The minimum Gasteiger partial charge on any atom is -0.347 e. The van der Waals surface area contributed by atoms with Gasteiger partial charge in [0.15, 0.2) is 0 Å². The van der Waals surface area contributed by atoms with Gasteiger partial charge in [0.1, 0.15) is 11.6 Å². The molecule has 0 aliphatic carbocycles. The standard InChI is InChI=1S/C27H24F2N4O/c1-16-9-10-17(2)25(24(16)18-14-30-27(31-15-18)33(3)4)26(34)32-19-11-12-21(23(29)13-19)20-7-5-6-8-22(20)28/h5-15H,1-4H3,(H,32,34). The lowest BCUT2D eigenvalue weighted by Crippen LogP contribution is -2.16. The number of rotatable bonds is 5. The Morgan fingerprint density at radius 3 is 2.15 bits per heavy atom. The summed E-state index contributed by atoms with van der Waals surface area (Å²) in [6, 6.07) is 14.0. The molecule has 0 spiro atoms. The lowest BCUT2D eigenvalue weighted by Gasteiger charge is -2.17. The molecule has 0 bridgehead atoms. The molecule has 0 fully saturated rings. The molecule has 5 nitrogen and oxygen atoms in total. The molecule has 0 atom stereocenters. The van der Waals surface area contributed by atoms with Gasteiger partial charge in [-0.1, -0.05) is 30.3 Å². The minimum atomic E-state index is -0.628. The van der Waals surface area contributed by atoms with Crippen LogP contribution in [0.3, 0.4) is 0 Å². The number of carbonyl (C=O) groups excluding carboxylic acids is 1. The Balaban J connectivity index is 1.68. The molecule has 1 N–H and O–H groups in total. The largest absolute Gasteiger partial charge is 0.347 e. The SMILES string of the molecule is Cc1ccc(C)c(-c2cnc(N(C)C)nc2)c1C(=O)Nc1ccc(-c2ccccc2F)c(F)c1. The molecule has 0 radical (unpaired) electrons. The predicted octanol–water partition coefficient (Wildman–Crippen LogP) is 6.02. The first-order valence-electron chi connectivity index (χ1n) is 10.7. The summed E-state index contributed by atoms with van der Waals surface area (Å²) in [5.41, 5.74) is 4.09. The van der Waals surface area contributed by atoms with E-state index in [4.69, 9.17) is 0 Å². The summed E-state index contributed by atoms with van der Waals surface area (Å²) in [4.78, 5) is 23.9. The van der Waals surface area contributed by atoms with E-state index in [1.165, 1.54) is 24.3 Å². The number of aryl methyl sites for hydroxylation is 2. The van der Waals surface area contributed by atoms with Crippen molar-refractivity contribution < 1.29 is 13.6 Å². The number of benzene rings is 3. The molecule has 172 valence electrons. The topological polar surface area (TPSA) is 58.1 Å². The van der Waals surface area contributed by atoms with Crippen molar-refractivity contribution in [3.8, 4) is 22.3 Å². The van der Waals surface area contributed by atoms with Crippen molar-refractivity contribution in [2.75, 3.05) is 24.3 Å². The monoisotopic (exact) mass is 458 g/mol. The molecule has 4 rings (SSSR count). The summed E-state index contributed by atoms with van der Waals surface area (Å²) in [7, 11) is 3.70. The van der Waals surface area contributed by atoms with E-state index in [2.05, 4.69) is 15.3 Å². The van der Waals surface area contributed by atoms with Crippen LogP contribution in [-0.2, 0) is 0 Å². The first-order valence-corrected chi connectivity index (χ1v) is 10.7. The number of anilines is 2. The smallest absolute Gasteiger partial charge is 0.256 e. The highest BCUT2D eigenvalue weighted by Gasteiger charge is 2.20. The van der Waals surface area contributed by atoms with E-state index >= 15 is 0 Å². The molecule has 0 aliphatic rings. The van der Waals surface area contributed by atoms with Crippen molar-refractivity contribution in [3.63, 3.8) is 0 Å². The highest BCUT2D eigenvalue weighted by molar-refractivity contribution is 6.10. The average Bonchev–Trinajstić information content (AvgIpc) is 2.81. The minimum absolute atomic E-state index is 0.127. The molecular formula is C27H24F2N4O. The van der Waals surface area contributed by atoms with Gasteiger partial charge >= 0.3 is 0 Å². The van der Waals surface area contributed by atoms with Gasteiger partial charge in [-0.25, -0.2) is 18.7 Å². The van der Waals surface area contributed by atoms with Gasteiger partial charge in [-0.05, 0) is 49.2 Å². The fourth-order valence-electron chi connectivity index (χ4n) is 3.84. The number of nitrogens with zero attached hydrogens (tertiary/aromatic N) is 3. The van der Waals surface area contributed by atoms with Crippen LogP contribution in [0.5, 0.6) is 0 Å². The van der Waals surface area contributed by atoms with E-state index in [0.29, 0.717) is 22.6 Å². The molecule has 0 saturated carbocycles. The maximum Gasteiger partial charge on any atom is 0.256 e. The summed E-state index contributed by atoms with van der Waals surface area (Å²) in [6.45, 7) is 3.75. The number of halogens is 2. The average molecular weight is 459 g/mol. The van der Waals surface area contributed by atoms with Crippen molar-refractivity contribution in [1.82, 2.24) is 9.97 Å². The first-order chi connectivity index (χ1) is 16.3. The molecule has 1 aromatic heterocycles. The highest BCUT2D eigenvalue weighted by Crippen LogP contribution is 2.31. The number of nitrogens with one attached hydrogen (secondary N) is 1. The lowest BCUT2D eigenvalue weighted by atomic mass is 9.92. The van der Waals surface area contributed by atoms with Crippen molar-refractivity contribution in [2.24, 2.45) is 0 Å². The zero-order valence-corrected chi connectivity index (χ0v) is 19.4. The second-order valence-corrected chi connectivity index (χ2v) is 8.24. The Hall–Kier alpha value is -4.13. The maximum atomic E-state index is 14.8. The van der Waals surface area contributed by atoms with Gasteiger partial charge in [0.25, 0.3) is 5.91 Å². The third-order valence-electron chi connectivity index (χ3n) is 5.57. The summed E-state index contributed by atoms with van der Waals surface area (Å²) in [5.74, 6) is -0.964. The van der Waals surface area contributed by atoms with Crippen LogP contribution in [0.2, 0.25) is 0 Å². The molecule has 7 heteroatoms. The zero-order valence-electron chi connectivity index (χ0n) is 19.4. The van der Waals surface area contributed by atoms with Gasteiger partial charge in [0.2, 0.25) is 5.95 Å². The van der Waals surface area contributed by atoms with Crippen LogP contribution in [0.4, 0.5) is 20.4 Å². The van der Waals surface area contributed by atoms with Crippen molar-refractivity contribution >= 4 is 17.5 Å². The number of carbonyl (C=O) groups is 1. The van der Waals surface area contributed by atoms with E-state index in [9.17, 15) is 13.6 Å². The maximum absolute atomic E-state index is 14.8. The van der Waals surface area contributed by atoms with Gasteiger partial charge in [-0.3, -0.25) is 4.79 Å². The third kappa shape index (κ3) is 4.50. The Morgan fingerprint density at radius 1 is 0.853 bits per heavy atom. The van der Waals surface area contributed by atoms with E-state index in [-0.39, 0.29) is 22.7 Å². The van der Waals surface area contributed by atoms with Crippen LogP contribution in [0.15, 0.2) is 67.0 Å². The molecule has 0 unspecified atom stereocenters. The third-order valence-corrected chi connectivity index (χ3v) is 5.57. The molecule has 4 aromatic rings. The molecule has 1 amide bonds. The molecule has 0 saturated heterocycles. The van der Waals surface area contributed by atoms with Gasteiger partial charge in [-0.2, -0.15) is 0 Å². The van der Waals surface area contributed by atoms with E-state index in [0.717, 1.165) is 11.1 Å². The first kappa shape index (κ1) is 23.0. The summed E-state index contributed by atoms with van der Waals surface area (Å²) in [6.07, 6.45) is 3.37.